The van der Waals surface area contributed by atoms with E-state index in [2.05, 4.69) is 25.8 Å². The second kappa shape index (κ2) is 3.13. The molecule has 0 saturated heterocycles. The van der Waals surface area contributed by atoms with Crippen LogP contribution in [0.15, 0.2) is 18.3 Å². The SMILES string of the molecule is CCC(C)(C)c1cccnc1N. The van der Waals surface area contributed by atoms with E-state index < -0.39 is 0 Å². The number of rotatable bonds is 2. The lowest BCUT2D eigenvalue weighted by Crippen LogP contribution is -2.18. The molecule has 0 radical (unpaired) electrons. The van der Waals surface area contributed by atoms with Crippen LogP contribution in [0.5, 0.6) is 0 Å². The molecule has 1 rings (SSSR count). The summed E-state index contributed by atoms with van der Waals surface area (Å²) in [6.45, 7) is 6.52. The number of nitrogens with zero attached hydrogens (tertiary/aromatic N) is 1. The summed E-state index contributed by atoms with van der Waals surface area (Å²) in [7, 11) is 0. The second-order valence-electron chi connectivity index (χ2n) is 3.67. The summed E-state index contributed by atoms with van der Waals surface area (Å²) in [5, 5.41) is 0. The molecule has 2 heteroatoms. The number of pyridine rings is 1. The molecular weight excluding hydrogens is 148 g/mol. The van der Waals surface area contributed by atoms with Crippen LogP contribution in [0.25, 0.3) is 0 Å². The zero-order valence-electron chi connectivity index (χ0n) is 7.96. The van der Waals surface area contributed by atoms with E-state index >= 15 is 0 Å². The van der Waals surface area contributed by atoms with Crippen LogP contribution in [0.4, 0.5) is 5.82 Å². The topological polar surface area (TPSA) is 38.9 Å². The number of nitrogen functional groups attached to an aromatic ring is 1. The normalized spacial score (nSPS) is 11.6. The molecule has 1 aromatic heterocycles. The maximum Gasteiger partial charge on any atom is 0.127 e. The van der Waals surface area contributed by atoms with E-state index in [4.69, 9.17) is 5.73 Å². The Morgan fingerprint density at radius 1 is 1.50 bits per heavy atom. The number of hydrogen-bond donors (Lipinski definition) is 1. The third kappa shape index (κ3) is 1.58. The predicted octanol–water partition coefficient (Wildman–Crippen LogP) is 2.35. The van der Waals surface area contributed by atoms with Gasteiger partial charge >= 0.3 is 0 Å². The summed E-state index contributed by atoms with van der Waals surface area (Å²) in [4.78, 5) is 4.07. The smallest absolute Gasteiger partial charge is 0.127 e. The Hall–Kier alpha value is -1.05. The van der Waals surface area contributed by atoms with E-state index in [1.165, 1.54) is 0 Å². The average Bonchev–Trinajstić information content (AvgIpc) is 2.05. The second-order valence-corrected chi connectivity index (χ2v) is 3.67. The lowest BCUT2D eigenvalue weighted by molar-refractivity contribution is 0.506. The maximum absolute atomic E-state index is 5.77. The molecule has 0 unspecified atom stereocenters. The molecule has 0 aliphatic heterocycles. The Labute approximate surface area is 73.8 Å². The van der Waals surface area contributed by atoms with E-state index in [1.54, 1.807) is 6.20 Å². The van der Waals surface area contributed by atoms with Crippen LogP contribution in [-0.2, 0) is 5.41 Å². The van der Waals surface area contributed by atoms with Gasteiger partial charge in [-0.15, -0.1) is 0 Å². The average molecular weight is 164 g/mol. The van der Waals surface area contributed by atoms with E-state index in [1.807, 2.05) is 12.1 Å². The number of nitrogens with two attached hydrogens (primary N) is 1. The highest BCUT2D eigenvalue weighted by Crippen LogP contribution is 2.29. The molecule has 1 heterocycles. The van der Waals surface area contributed by atoms with Crippen molar-refractivity contribution in [2.45, 2.75) is 32.6 Å². The van der Waals surface area contributed by atoms with Gasteiger partial charge in [-0.1, -0.05) is 26.8 Å². The van der Waals surface area contributed by atoms with Gasteiger partial charge in [-0.25, -0.2) is 4.98 Å². The van der Waals surface area contributed by atoms with Crippen molar-refractivity contribution in [2.75, 3.05) is 5.73 Å². The summed E-state index contributed by atoms with van der Waals surface area (Å²) >= 11 is 0. The highest BCUT2D eigenvalue weighted by atomic mass is 14.8. The Morgan fingerprint density at radius 2 is 2.17 bits per heavy atom. The molecule has 66 valence electrons. The van der Waals surface area contributed by atoms with Crippen LogP contribution in [0.2, 0.25) is 0 Å². The van der Waals surface area contributed by atoms with Gasteiger partial charge in [0.2, 0.25) is 0 Å². The highest BCUT2D eigenvalue weighted by Gasteiger charge is 2.20. The van der Waals surface area contributed by atoms with Crippen molar-refractivity contribution in [3.8, 4) is 0 Å². The minimum absolute atomic E-state index is 0.137. The van der Waals surface area contributed by atoms with Gasteiger partial charge in [0.25, 0.3) is 0 Å². The van der Waals surface area contributed by atoms with Crippen molar-refractivity contribution in [3.05, 3.63) is 23.9 Å². The quantitative estimate of drug-likeness (QED) is 0.728. The number of hydrogen-bond acceptors (Lipinski definition) is 2. The van der Waals surface area contributed by atoms with Gasteiger partial charge in [0.15, 0.2) is 0 Å². The standard InChI is InChI=1S/C10H16N2/c1-4-10(2,3)8-6-5-7-12-9(8)11/h5-7H,4H2,1-3H3,(H2,11,12). The van der Waals surface area contributed by atoms with Crippen LogP contribution in [-0.4, -0.2) is 4.98 Å². The van der Waals surface area contributed by atoms with E-state index in [0.717, 1.165) is 12.0 Å². The Balaban J connectivity index is 3.10. The van der Waals surface area contributed by atoms with Gasteiger partial charge in [-0.3, -0.25) is 0 Å². The molecule has 0 amide bonds. The molecule has 0 saturated carbocycles. The van der Waals surface area contributed by atoms with Gasteiger partial charge in [-0.05, 0) is 23.5 Å². The van der Waals surface area contributed by atoms with Gasteiger partial charge < -0.3 is 5.73 Å². The fourth-order valence-electron chi connectivity index (χ4n) is 1.18. The molecule has 0 atom stereocenters. The zero-order valence-corrected chi connectivity index (χ0v) is 7.96. The highest BCUT2D eigenvalue weighted by molar-refractivity contribution is 5.43. The first kappa shape index (κ1) is 9.04. The molecule has 0 fully saturated rings. The van der Waals surface area contributed by atoms with E-state index in [0.29, 0.717) is 5.82 Å². The Kier molecular flexibility index (Phi) is 2.36. The number of anilines is 1. The summed E-state index contributed by atoms with van der Waals surface area (Å²) in [6, 6.07) is 3.98. The fourth-order valence-corrected chi connectivity index (χ4v) is 1.18. The predicted molar refractivity (Wildman–Crippen MR) is 52.0 cm³/mol. The first-order valence-corrected chi connectivity index (χ1v) is 4.29. The van der Waals surface area contributed by atoms with Crippen molar-refractivity contribution < 1.29 is 0 Å². The number of aromatic nitrogens is 1. The van der Waals surface area contributed by atoms with Crippen molar-refractivity contribution in [1.29, 1.82) is 0 Å². The molecule has 2 nitrogen and oxygen atoms in total. The van der Waals surface area contributed by atoms with Gasteiger partial charge in [0, 0.05) is 6.20 Å². The van der Waals surface area contributed by atoms with E-state index in [9.17, 15) is 0 Å². The largest absolute Gasteiger partial charge is 0.383 e. The summed E-state index contributed by atoms with van der Waals surface area (Å²) in [5.74, 6) is 0.657. The molecule has 12 heavy (non-hydrogen) atoms. The third-order valence-corrected chi connectivity index (χ3v) is 2.45. The van der Waals surface area contributed by atoms with Crippen molar-refractivity contribution in [2.24, 2.45) is 0 Å². The van der Waals surface area contributed by atoms with Gasteiger partial charge in [0.1, 0.15) is 5.82 Å². The van der Waals surface area contributed by atoms with Crippen LogP contribution in [0.1, 0.15) is 32.8 Å². The molecule has 2 N–H and O–H groups in total. The fraction of sp³-hybridized carbons (Fsp3) is 0.500. The van der Waals surface area contributed by atoms with Crippen LogP contribution in [0.3, 0.4) is 0 Å². The minimum Gasteiger partial charge on any atom is -0.383 e. The van der Waals surface area contributed by atoms with Crippen molar-refractivity contribution >= 4 is 5.82 Å². The molecular formula is C10H16N2. The van der Waals surface area contributed by atoms with Gasteiger partial charge in [-0.2, -0.15) is 0 Å². The first-order chi connectivity index (χ1) is 5.58. The van der Waals surface area contributed by atoms with E-state index in [-0.39, 0.29) is 5.41 Å². The Morgan fingerprint density at radius 3 is 2.67 bits per heavy atom. The summed E-state index contributed by atoms with van der Waals surface area (Å²) in [6.07, 6.45) is 2.80. The molecule has 0 aliphatic carbocycles. The zero-order chi connectivity index (χ0) is 9.19. The maximum atomic E-state index is 5.77. The third-order valence-electron chi connectivity index (χ3n) is 2.45. The molecule has 0 bridgehead atoms. The molecule has 1 aromatic rings. The lowest BCUT2D eigenvalue weighted by atomic mass is 9.82. The van der Waals surface area contributed by atoms with Crippen molar-refractivity contribution in [3.63, 3.8) is 0 Å². The van der Waals surface area contributed by atoms with Gasteiger partial charge in [0.05, 0.1) is 0 Å². The molecule has 0 aromatic carbocycles. The monoisotopic (exact) mass is 164 g/mol. The van der Waals surface area contributed by atoms with Crippen molar-refractivity contribution in [1.82, 2.24) is 4.98 Å². The van der Waals surface area contributed by atoms with Crippen LogP contribution in [0, 0.1) is 0 Å². The molecule has 0 spiro atoms. The lowest BCUT2D eigenvalue weighted by Gasteiger charge is -2.23. The molecule has 0 aliphatic rings. The summed E-state index contributed by atoms with van der Waals surface area (Å²) < 4.78 is 0. The van der Waals surface area contributed by atoms with Crippen LogP contribution >= 0.6 is 0 Å². The minimum atomic E-state index is 0.137. The Bertz CT molecular complexity index is 266. The summed E-state index contributed by atoms with van der Waals surface area (Å²) in [5.41, 5.74) is 7.05. The first-order valence-electron chi connectivity index (χ1n) is 4.29. The van der Waals surface area contributed by atoms with Crippen LogP contribution < -0.4 is 5.73 Å².